The number of aromatic nitrogens is 4. The van der Waals surface area contributed by atoms with Crippen molar-refractivity contribution in [2.24, 2.45) is 0 Å². The lowest BCUT2D eigenvalue weighted by Gasteiger charge is -2.35. The Morgan fingerprint density at radius 2 is 1.93 bits per heavy atom. The Bertz CT molecular complexity index is 1900. The quantitative estimate of drug-likeness (QED) is 0.330. The summed E-state index contributed by atoms with van der Waals surface area (Å²) in [5.74, 6) is -0.959. The first-order chi connectivity index (χ1) is 20.4. The number of hydrogen-bond donors (Lipinski definition) is 1. The van der Waals surface area contributed by atoms with Crippen molar-refractivity contribution in [2.45, 2.75) is 45.4 Å². The van der Waals surface area contributed by atoms with Gasteiger partial charge in [0.1, 0.15) is 17.4 Å². The van der Waals surface area contributed by atoms with Crippen LogP contribution in [-0.4, -0.2) is 80.9 Å². The second kappa shape index (κ2) is 11.4. The number of imidazole rings is 1. The number of aromatic hydroxyl groups is 1. The number of benzene rings is 1. The van der Waals surface area contributed by atoms with Crippen LogP contribution in [0.2, 0.25) is 10.0 Å². The van der Waals surface area contributed by atoms with Crippen molar-refractivity contribution in [3.63, 3.8) is 0 Å². The number of fused-ring (bicyclic) bond motifs is 1. The lowest BCUT2D eigenvalue weighted by molar-refractivity contribution is -0.143. The van der Waals surface area contributed by atoms with E-state index in [1.807, 2.05) is 19.9 Å². The van der Waals surface area contributed by atoms with Crippen LogP contribution in [-0.2, 0) is 32.5 Å². The van der Waals surface area contributed by atoms with E-state index in [0.29, 0.717) is 36.0 Å². The van der Waals surface area contributed by atoms with Crippen LogP contribution in [0.5, 0.6) is 5.75 Å². The number of rotatable bonds is 6. The Morgan fingerprint density at radius 1 is 1.19 bits per heavy atom. The highest BCUT2D eigenvalue weighted by atomic mass is 35.5. The minimum absolute atomic E-state index is 0.0128. The third-order valence-corrected chi connectivity index (χ3v) is 10.9. The fourth-order valence-electron chi connectivity index (χ4n) is 5.47. The van der Waals surface area contributed by atoms with E-state index in [-0.39, 0.29) is 59.3 Å². The number of carbonyl (C=O) groups is 1. The summed E-state index contributed by atoms with van der Waals surface area (Å²) in [6.45, 7) is 4.53. The molecule has 0 radical (unpaired) electrons. The summed E-state index contributed by atoms with van der Waals surface area (Å²) in [4.78, 5) is 38.5. The van der Waals surface area contributed by atoms with Crippen molar-refractivity contribution in [1.82, 2.24) is 23.8 Å². The number of sulfonamides is 1. The van der Waals surface area contributed by atoms with Crippen molar-refractivity contribution >= 4 is 62.1 Å². The number of thiazole rings is 1. The average Bonchev–Trinajstić information content (AvgIpc) is 3.64. The molecule has 3 aromatic heterocycles. The van der Waals surface area contributed by atoms with Crippen molar-refractivity contribution in [2.75, 3.05) is 29.7 Å². The van der Waals surface area contributed by atoms with Gasteiger partial charge in [-0.3, -0.25) is 13.9 Å². The van der Waals surface area contributed by atoms with Crippen LogP contribution < -0.4 is 9.86 Å². The number of nitrogens with zero attached hydrogens (tertiary/aromatic N) is 6. The number of amides is 1. The molecule has 0 spiro atoms. The molecule has 5 heterocycles. The minimum atomic E-state index is -3.69. The van der Waals surface area contributed by atoms with E-state index < -0.39 is 21.3 Å². The Hall–Kier alpha value is -3.17. The number of hydrogen-bond acceptors (Lipinski definition) is 9. The van der Waals surface area contributed by atoms with Crippen LogP contribution in [0, 0.1) is 0 Å². The molecular weight excluding hydrogens is 639 g/mol. The highest BCUT2D eigenvalue weighted by Crippen LogP contribution is 2.33. The van der Waals surface area contributed by atoms with Crippen LogP contribution in [0.15, 0.2) is 35.4 Å². The molecule has 12 nitrogen and oxygen atoms in total. The molecule has 0 unspecified atom stereocenters. The van der Waals surface area contributed by atoms with E-state index in [1.165, 1.54) is 22.1 Å². The molecule has 0 aliphatic carbocycles. The molecule has 2 aliphatic rings. The first kappa shape index (κ1) is 29.9. The van der Waals surface area contributed by atoms with E-state index >= 15 is 0 Å². The number of carbonyl (C=O) groups excluding carboxylic acids is 1. The topological polar surface area (TPSA) is 139 Å². The fourth-order valence-corrected chi connectivity index (χ4v) is 8.26. The van der Waals surface area contributed by atoms with E-state index in [2.05, 4.69) is 9.97 Å². The molecule has 6 rings (SSSR count). The van der Waals surface area contributed by atoms with E-state index in [1.54, 1.807) is 23.2 Å². The monoisotopic (exact) mass is 666 g/mol. The summed E-state index contributed by atoms with van der Waals surface area (Å²) in [5, 5.41) is 12.2. The maximum Gasteiger partial charge on any atom is 0.303 e. The van der Waals surface area contributed by atoms with Gasteiger partial charge >= 0.3 is 5.56 Å². The third kappa shape index (κ3) is 5.74. The van der Waals surface area contributed by atoms with Gasteiger partial charge in [-0.05, 0) is 38.0 Å². The summed E-state index contributed by atoms with van der Waals surface area (Å²) < 4.78 is 35.0. The maximum atomic E-state index is 13.6. The first-order valence-electron chi connectivity index (χ1n) is 13.6. The van der Waals surface area contributed by atoms with Crippen molar-refractivity contribution in [1.29, 1.82) is 0 Å². The summed E-state index contributed by atoms with van der Waals surface area (Å²) in [6, 6.07) is 5.30. The van der Waals surface area contributed by atoms with Gasteiger partial charge in [-0.15, -0.1) is 11.3 Å². The van der Waals surface area contributed by atoms with Gasteiger partial charge in [-0.25, -0.2) is 22.8 Å². The predicted molar refractivity (Wildman–Crippen MR) is 164 cm³/mol. The van der Waals surface area contributed by atoms with Crippen LogP contribution >= 0.6 is 34.5 Å². The third-order valence-electron chi connectivity index (χ3n) is 7.35. The summed E-state index contributed by atoms with van der Waals surface area (Å²) in [7, 11) is -3.69. The SMILES string of the molecule is C[C@H]1CN(C(=O)Cn2cc(N3CCCS3(=O)=O)n3c(=O)c(O)c(-c4ncc(Cc5ccc(Cl)c(Cl)c5)s4)nc23)C[C@H](C)O1. The van der Waals surface area contributed by atoms with Gasteiger partial charge < -0.3 is 19.3 Å². The fraction of sp³-hybridized carbons (Fsp3) is 0.407. The van der Waals surface area contributed by atoms with E-state index in [0.717, 1.165) is 19.1 Å². The summed E-state index contributed by atoms with van der Waals surface area (Å²) in [5.41, 5.74) is -0.0299. The Morgan fingerprint density at radius 3 is 2.60 bits per heavy atom. The molecule has 2 saturated heterocycles. The van der Waals surface area contributed by atoms with E-state index in [9.17, 15) is 23.1 Å². The van der Waals surface area contributed by atoms with Crippen molar-refractivity contribution in [3.05, 3.63) is 61.4 Å². The van der Waals surface area contributed by atoms with Gasteiger partial charge in [0.25, 0.3) is 0 Å². The zero-order valence-electron chi connectivity index (χ0n) is 23.2. The molecule has 2 atom stereocenters. The zero-order valence-corrected chi connectivity index (χ0v) is 26.4. The Labute approximate surface area is 261 Å². The molecule has 2 aliphatic heterocycles. The highest BCUT2D eigenvalue weighted by molar-refractivity contribution is 7.93. The Kier molecular flexibility index (Phi) is 7.92. The number of morpholine rings is 1. The molecule has 0 saturated carbocycles. The standard InChI is InChI=1S/C27H28Cl2N6O6S2/c1-15-11-32(12-16(2)41-15)22(36)14-33-13-21(34-6-3-7-43(34,39)40)35-26(38)24(37)23(31-27(33)35)25-30-10-18(42-25)8-17-4-5-19(28)20(29)9-17/h4-5,9-10,13,15-16,37H,3,6-8,11-12,14H2,1-2H3/t15-,16-/m0/s1. The molecule has 43 heavy (non-hydrogen) atoms. The first-order valence-corrected chi connectivity index (χ1v) is 16.8. The van der Waals surface area contributed by atoms with Crippen molar-refractivity contribution < 1.29 is 23.1 Å². The molecule has 4 aromatic rings. The molecular formula is C27H28Cl2N6O6S2. The van der Waals surface area contributed by atoms with Gasteiger partial charge in [0.15, 0.2) is 5.69 Å². The predicted octanol–water partition coefficient (Wildman–Crippen LogP) is 3.40. The number of halogens is 2. The minimum Gasteiger partial charge on any atom is -0.501 e. The molecule has 1 N–H and O–H groups in total. The van der Waals surface area contributed by atoms with Gasteiger partial charge in [0.2, 0.25) is 27.5 Å². The number of anilines is 1. The normalized spacial score (nSPS) is 20.3. The van der Waals surface area contributed by atoms with Gasteiger partial charge in [0.05, 0.1) is 34.2 Å². The molecule has 2 fully saturated rings. The van der Waals surface area contributed by atoms with Crippen LogP contribution in [0.25, 0.3) is 16.5 Å². The summed E-state index contributed by atoms with van der Waals surface area (Å²) in [6.07, 6.45) is 3.62. The van der Waals surface area contributed by atoms with Gasteiger partial charge in [-0.2, -0.15) is 0 Å². The zero-order chi connectivity index (χ0) is 30.6. The second-order valence-corrected chi connectivity index (χ2v) is 14.7. The van der Waals surface area contributed by atoms with Gasteiger partial charge in [-0.1, -0.05) is 29.3 Å². The van der Waals surface area contributed by atoms with Crippen LogP contribution in [0.3, 0.4) is 0 Å². The average molecular weight is 668 g/mol. The largest absolute Gasteiger partial charge is 0.501 e. The maximum absolute atomic E-state index is 13.6. The smallest absolute Gasteiger partial charge is 0.303 e. The second-order valence-electron chi connectivity index (χ2n) is 10.7. The highest BCUT2D eigenvalue weighted by Gasteiger charge is 2.34. The van der Waals surface area contributed by atoms with E-state index in [4.69, 9.17) is 27.9 Å². The molecule has 1 aromatic carbocycles. The molecule has 16 heteroatoms. The Balaban J connectivity index is 1.42. The van der Waals surface area contributed by atoms with Crippen molar-refractivity contribution in [3.8, 4) is 16.5 Å². The van der Waals surface area contributed by atoms with Crippen LogP contribution in [0.4, 0.5) is 5.82 Å². The van der Waals surface area contributed by atoms with Gasteiger partial charge in [0, 0.05) is 37.1 Å². The van der Waals surface area contributed by atoms with Crippen LogP contribution in [0.1, 0.15) is 30.7 Å². The summed E-state index contributed by atoms with van der Waals surface area (Å²) >= 11 is 13.4. The molecule has 1 amide bonds. The molecule has 0 bridgehead atoms. The lowest BCUT2D eigenvalue weighted by atomic mass is 10.1. The number of ether oxygens (including phenoxy) is 1. The molecule has 228 valence electrons. The lowest BCUT2D eigenvalue weighted by Crippen LogP contribution is -2.49.